The van der Waals surface area contributed by atoms with E-state index in [0.29, 0.717) is 24.7 Å². The molecular formula is C29H33N3O3. The molecule has 0 unspecified atom stereocenters. The quantitative estimate of drug-likeness (QED) is 0.506. The van der Waals surface area contributed by atoms with Crippen LogP contribution in [0.4, 0.5) is 0 Å². The molecule has 2 aliphatic rings. The zero-order valence-corrected chi connectivity index (χ0v) is 20.5. The van der Waals surface area contributed by atoms with Crippen LogP contribution < -0.4 is 4.74 Å². The van der Waals surface area contributed by atoms with E-state index in [4.69, 9.17) is 4.74 Å². The van der Waals surface area contributed by atoms with Gasteiger partial charge in [-0.2, -0.15) is 0 Å². The van der Waals surface area contributed by atoms with Gasteiger partial charge in [0.15, 0.2) is 0 Å². The molecule has 0 radical (unpaired) electrons. The molecule has 6 heteroatoms. The second-order valence-electron chi connectivity index (χ2n) is 9.87. The minimum Gasteiger partial charge on any atom is -0.497 e. The van der Waals surface area contributed by atoms with Gasteiger partial charge in [-0.05, 0) is 67.9 Å². The Hall–Kier alpha value is -3.41. The number of methoxy groups -OCH3 is 1. The maximum absolute atomic E-state index is 13.2. The first-order valence-corrected chi connectivity index (χ1v) is 12.6. The van der Waals surface area contributed by atoms with Gasteiger partial charge in [0, 0.05) is 37.5 Å². The molecule has 1 atom stereocenters. The molecule has 35 heavy (non-hydrogen) atoms. The molecule has 1 aliphatic heterocycles. The normalized spacial score (nSPS) is 17.3. The number of carbonyl (C=O) groups excluding carboxylic acids is 2. The summed E-state index contributed by atoms with van der Waals surface area (Å²) in [6.45, 7) is 1.36. The van der Waals surface area contributed by atoms with Gasteiger partial charge in [0.25, 0.3) is 5.91 Å². The van der Waals surface area contributed by atoms with Crippen LogP contribution in [-0.2, 0) is 11.2 Å². The number of likely N-dealkylation sites (tertiary alicyclic amines) is 1. The molecule has 1 aliphatic carbocycles. The summed E-state index contributed by atoms with van der Waals surface area (Å²) in [4.78, 5) is 34.7. The molecule has 1 aromatic heterocycles. The van der Waals surface area contributed by atoms with Gasteiger partial charge < -0.3 is 14.5 Å². The van der Waals surface area contributed by atoms with Crippen molar-refractivity contribution in [1.29, 1.82) is 0 Å². The van der Waals surface area contributed by atoms with E-state index in [9.17, 15) is 9.59 Å². The van der Waals surface area contributed by atoms with E-state index < -0.39 is 0 Å². The number of carbonyl (C=O) groups is 2. The smallest absolute Gasteiger partial charge is 0.272 e. The number of hydrogen-bond acceptors (Lipinski definition) is 4. The number of amides is 2. The van der Waals surface area contributed by atoms with Crippen molar-refractivity contribution in [2.24, 2.45) is 11.8 Å². The molecule has 2 amide bonds. The van der Waals surface area contributed by atoms with E-state index in [2.05, 4.69) is 17.1 Å². The van der Waals surface area contributed by atoms with Crippen molar-refractivity contribution in [2.45, 2.75) is 38.1 Å². The van der Waals surface area contributed by atoms with E-state index >= 15 is 0 Å². The Morgan fingerprint density at radius 1 is 1.03 bits per heavy atom. The zero-order valence-electron chi connectivity index (χ0n) is 20.5. The molecule has 3 aromatic rings. The number of piperidine rings is 1. The third-order valence-electron chi connectivity index (χ3n) is 7.54. The van der Waals surface area contributed by atoms with Crippen molar-refractivity contribution >= 4 is 22.7 Å². The average molecular weight is 472 g/mol. The Morgan fingerprint density at radius 2 is 1.80 bits per heavy atom. The lowest BCUT2D eigenvalue weighted by Gasteiger charge is -2.40. The fraction of sp³-hybridized carbons (Fsp3) is 0.414. The molecule has 0 N–H and O–H groups in total. The molecule has 0 spiro atoms. The van der Waals surface area contributed by atoms with Crippen molar-refractivity contribution < 1.29 is 14.3 Å². The molecule has 2 aromatic carbocycles. The highest BCUT2D eigenvalue weighted by atomic mass is 16.5. The van der Waals surface area contributed by atoms with E-state index in [1.165, 1.54) is 5.56 Å². The predicted molar refractivity (Wildman–Crippen MR) is 136 cm³/mol. The number of benzene rings is 2. The first-order valence-electron chi connectivity index (χ1n) is 12.6. The lowest BCUT2D eigenvalue weighted by Crippen LogP contribution is -2.49. The van der Waals surface area contributed by atoms with Crippen molar-refractivity contribution in [3.05, 3.63) is 71.9 Å². The third kappa shape index (κ3) is 5.16. The number of ether oxygens (including phenoxy) is 1. The summed E-state index contributed by atoms with van der Waals surface area (Å²) in [7, 11) is 3.64. The van der Waals surface area contributed by atoms with E-state index in [1.807, 2.05) is 65.4 Å². The molecule has 2 heterocycles. The minimum atomic E-state index is -0.0130. The molecule has 1 saturated heterocycles. The van der Waals surface area contributed by atoms with Crippen LogP contribution in [0.5, 0.6) is 5.75 Å². The van der Waals surface area contributed by atoms with Crippen molar-refractivity contribution in [3.63, 3.8) is 0 Å². The summed E-state index contributed by atoms with van der Waals surface area (Å²) in [5.74, 6) is 1.61. The predicted octanol–water partition coefficient (Wildman–Crippen LogP) is 4.58. The molecule has 182 valence electrons. The largest absolute Gasteiger partial charge is 0.497 e. The zero-order chi connectivity index (χ0) is 24.4. The average Bonchev–Trinajstić information content (AvgIpc) is 3.76. The van der Waals surface area contributed by atoms with Gasteiger partial charge in [0.1, 0.15) is 11.4 Å². The second-order valence-corrected chi connectivity index (χ2v) is 9.87. The lowest BCUT2D eigenvalue weighted by atomic mass is 9.84. The Morgan fingerprint density at radius 3 is 2.54 bits per heavy atom. The Kier molecular flexibility index (Phi) is 6.71. The lowest BCUT2D eigenvalue weighted by molar-refractivity contribution is -0.134. The number of nitrogens with zero attached hydrogens (tertiary/aromatic N) is 3. The van der Waals surface area contributed by atoms with Gasteiger partial charge >= 0.3 is 0 Å². The van der Waals surface area contributed by atoms with Crippen LogP contribution >= 0.6 is 0 Å². The summed E-state index contributed by atoms with van der Waals surface area (Å²) in [6.07, 6.45) is 4.53. The third-order valence-corrected chi connectivity index (χ3v) is 7.54. The summed E-state index contributed by atoms with van der Waals surface area (Å²) in [5.41, 5.74) is 2.51. The highest BCUT2D eigenvalue weighted by Crippen LogP contribution is 2.34. The van der Waals surface area contributed by atoms with E-state index in [0.717, 1.165) is 48.8 Å². The summed E-state index contributed by atoms with van der Waals surface area (Å²) in [5, 5.41) is 1.03. The number of fused-ring (bicyclic) bond motifs is 1. The topological polar surface area (TPSA) is 62.7 Å². The Balaban J connectivity index is 1.29. The number of aromatic nitrogens is 1. The summed E-state index contributed by atoms with van der Waals surface area (Å²) < 4.78 is 5.42. The Labute approximate surface area is 206 Å². The molecule has 5 rings (SSSR count). The van der Waals surface area contributed by atoms with Gasteiger partial charge in [-0.3, -0.25) is 9.59 Å². The minimum absolute atomic E-state index is 0.0130. The van der Waals surface area contributed by atoms with E-state index in [1.54, 1.807) is 7.11 Å². The second kappa shape index (κ2) is 10.1. The van der Waals surface area contributed by atoms with Crippen molar-refractivity contribution in [1.82, 2.24) is 14.8 Å². The van der Waals surface area contributed by atoms with E-state index in [-0.39, 0.29) is 23.8 Å². The molecule has 1 saturated carbocycles. The van der Waals surface area contributed by atoms with Gasteiger partial charge in [-0.15, -0.1) is 0 Å². The SMILES string of the molecule is COc1cccc(C[C@@H](C2CCN(C(=O)c3ccc4ccccc4n3)CC2)N(C)C(=O)C2CC2)c1. The maximum Gasteiger partial charge on any atom is 0.272 e. The van der Waals surface area contributed by atoms with Crippen molar-refractivity contribution in [3.8, 4) is 5.75 Å². The number of likely N-dealkylation sites (N-methyl/N-ethyl adjacent to an activating group) is 1. The van der Waals surface area contributed by atoms with Crippen LogP contribution in [0.15, 0.2) is 60.7 Å². The molecule has 6 nitrogen and oxygen atoms in total. The first-order chi connectivity index (χ1) is 17.0. The number of pyridine rings is 1. The fourth-order valence-electron chi connectivity index (χ4n) is 5.28. The van der Waals surface area contributed by atoms with Gasteiger partial charge in [0.2, 0.25) is 5.91 Å². The van der Waals surface area contributed by atoms with Crippen LogP contribution in [0, 0.1) is 11.8 Å². The summed E-state index contributed by atoms with van der Waals surface area (Å²) >= 11 is 0. The number of hydrogen-bond donors (Lipinski definition) is 0. The first kappa shape index (κ1) is 23.3. The Bertz CT molecular complexity index is 1210. The van der Waals surface area contributed by atoms with Gasteiger partial charge in [-0.25, -0.2) is 4.98 Å². The van der Waals surface area contributed by atoms with Crippen LogP contribution in [0.3, 0.4) is 0 Å². The molecular weight excluding hydrogens is 438 g/mol. The van der Waals surface area contributed by atoms with Crippen molar-refractivity contribution in [2.75, 3.05) is 27.2 Å². The van der Waals surface area contributed by atoms with Crippen LogP contribution in [0.2, 0.25) is 0 Å². The van der Waals surface area contributed by atoms with Crippen LogP contribution in [0.25, 0.3) is 10.9 Å². The van der Waals surface area contributed by atoms with Crippen LogP contribution in [-0.4, -0.2) is 59.9 Å². The number of para-hydroxylation sites is 1. The highest BCUT2D eigenvalue weighted by molar-refractivity contribution is 5.95. The highest BCUT2D eigenvalue weighted by Gasteiger charge is 2.38. The maximum atomic E-state index is 13.2. The molecule has 2 fully saturated rings. The fourth-order valence-corrected chi connectivity index (χ4v) is 5.28. The standard InChI is InChI=1S/C29H33N3O3/c1-31(28(33)23-10-11-23)27(19-20-6-5-8-24(18-20)35-2)22-14-16-32(17-15-22)29(34)26-13-12-21-7-3-4-9-25(21)30-26/h3-9,12-13,18,22-23,27H,10-11,14-17,19H2,1-2H3/t27-/m0/s1. The number of rotatable bonds is 7. The van der Waals surface area contributed by atoms with Gasteiger partial charge in [-0.1, -0.05) is 36.4 Å². The summed E-state index contributed by atoms with van der Waals surface area (Å²) in [6, 6.07) is 19.9. The monoisotopic (exact) mass is 471 g/mol. The van der Waals surface area contributed by atoms with Gasteiger partial charge in [0.05, 0.1) is 12.6 Å². The van der Waals surface area contributed by atoms with Crippen LogP contribution in [0.1, 0.15) is 41.7 Å². The molecule has 0 bridgehead atoms.